The van der Waals surface area contributed by atoms with Gasteiger partial charge in [0.05, 0.1) is 11.0 Å². The number of hydrogen-bond acceptors (Lipinski definition) is 3. The molecule has 7 heteroatoms. The highest BCUT2D eigenvalue weighted by atomic mass is 35.5. The van der Waals surface area contributed by atoms with E-state index in [0.717, 1.165) is 54.3 Å². The average Bonchev–Trinajstić information content (AvgIpc) is 3.06. The second-order valence-corrected chi connectivity index (χ2v) is 6.26. The number of nitrogens with one attached hydrogen (secondary N) is 3. The number of para-hydroxylation sites is 2. The van der Waals surface area contributed by atoms with Crippen LogP contribution in [0.5, 0.6) is 0 Å². The predicted octanol–water partition coefficient (Wildman–Crippen LogP) is 2.95. The fourth-order valence-corrected chi connectivity index (χ4v) is 2.73. The summed E-state index contributed by atoms with van der Waals surface area (Å²) in [5, 5.41) is 7.12. The van der Waals surface area contributed by atoms with Gasteiger partial charge in [-0.15, -0.1) is 0 Å². The number of imidazole rings is 1. The number of halogens is 1. The van der Waals surface area contributed by atoms with Crippen LogP contribution in [0, 0.1) is 0 Å². The number of pyridine rings is 1. The molecule has 0 unspecified atom stereocenters. The molecule has 0 saturated heterocycles. The van der Waals surface area contributed by atoms with Gasteiger partial charge in [0.2, 0.25) is 0 Å². The van der Waals surface area contributed by atoms with Crippen molar-refractivity contribution >= 4 is 28.6 Å². The summed E-state index contributed by atoms with van der Waals surface area (Å²) in [5.74, 6) is 1.77. The van der Waals surface area contributed by atoms with E-state index in [-0.39, 0.29) is 0 Å². The third kappa shape index (κ3) is 5.20. The number of aliphatic imine (C=N–C) groups is 1. The van der Waals surface area contributed by atoms with Gasteiger partial charge in [-0.05, 0) is 37.1 Å². The molecule has 3 rings (SSSR count). The van der Waals surface area contributed by atoms with Gasteiger partial charge in [0.25, 0.3) is 0 Å². The van der Waals surface area contributed by atoms with Crippen LogP contribution in [0.15, 0.2) is 47.6 Å². The van der Waals surface area contributed by atoms with Gasteiger partial charge < -0.3 is 15.6 Å². The lowest BCUT2D eigenvalue weighted by atomic mass is 10.2. The normalized spacial score (nSPS) is 11.7. The average molecular weight is 371 g/mol. The van der Waals surface area contributed by atoms with Gasteiger partial charge in [-0.1, -0.05) is 29.8 Å². The fraction of sp³-hybridized carbons (Fsp3) is 0.316. The Kier molecular flexibility index (Phi) is 6.44. The van der Waals surface area contributed by atoms with Crippen LogP contribution in [-0.2, 0) is 12.8 Å². The lowest BCUT2D eigenvalue weighted by molar-refractivity contribution is 0.790. The molecule has 6 nitrogen and oxygen atoms in total. The molecule has 0 aliphatic heterocycles. The molecule has 1 aromatic carbocycles. The van der Waals surface area contributed by atoms with Crippen molar-refractivity contribution < 1.29 is 0 Å². The standard InChI is InChI=1S/C19H23ClN6/c1-2-21-19(22-11-9-14-7-8-17(20)24-13-14)23-12-10-18-25-15-5-3-4-6-16(15)26-18/h3-8,13H,2,9-12H2,1H3,(H,25,26)(H2,21,22,23). The summed E-state index contributed by atoms with van der Waals surface area (Å²) >= 11 is 5.81. The summed E-state index contributed by atoms with van der Waals surface area (Å²) in [6.45, 7) is 4.32. The van der Waals surface area contributed by atoms with Gasteiger partial charge in [-0.25, -0.2) is 9.97 Å². The summed E-state index contributed by atoms with van der Waals surface area (Å²) in [7, 11) is 0. The van der Waals surface area contributed by atoms with Gasteiger partial charge in [-0.2, -0.15) is 0 Å². The predicted molar refractivity (Wildman–Crippen MR) is 107 cm³/mol. The Balaban J connectivity index is 1.50. The Morgan fingerprint density at radius 1 is 1.15 bits per heavy atom. The van der Waals surface area contributed by atoms with Crippen LogP contribution in [0.3, 0.4) is 0 Å². The molecule has 136 valence electrons. The molecule has 0 radical (unpaired) electrons. The highest BCUT2D eigenvalue weighted by Crippen LogP contribution is 2.10. The van der Waals surface area contributed by atoms with Crippen molar-refractivity contribution in [3.8, 4) is 0 Å². The molecule has 3 N–H and O–H groups in total. The van der Waals surface area contributed by atoms with Crippen LogP contribution in [0.4, 0.5) is 0 Å². The Bertz CT molecular complexity index is 823. The highest BCUT2D eigenvalue weighted by Gasteiger charge is 2.02. The topological polar surface area (TPSA) is 78.0 Å². The largest absolute Gasteiger partial charge is 0.357 e. The molecular weight excluding hydrogens is 348 g/mol. The molecule has 0 amide bonds. The first kappa shape index (κ1) is 18.2. The number of benzene rings is 1. The molecule has 0 aliphatic rings. The SMILES string of the molecule is CCNC(=NCCc1nc2ccccc2[nH]1)NCCc1ccc(Cl)nc1. The zero-order valence-corrected chi connectivity index (χ0v) is 15.6. The van der Waals surface area contributed by atoms with Crippen molar-refractivity contribution in [2.24, 2.45) is 4.99 Å². The van der Waals surface area contributed by atoms with E-state index in [2.05, 4.69) is 37.5 Å². The summed E-state index contributed by atoms with van der Waals surface area (Å²) in [4.78, 5) is 16.6. The van der Waals surface area contributed by atoms with Gasteiger partial charge in [0.1, 0.15) is 11.0 Å². The zero-order chi connectivity index (χ0) is 18.2. The summed E-state index contributed by atoms with van der Waals surface area (Å²) in [6, 6.07) is 11.8. The van der Waals surface area contributed by atoms with Gasteiger partial charge in [0.15, 0.2) is 5.96 Å². The van der Waals surface area contributed by atoms with Gasteiger partial charge >= 0.3 is 0 Å². The van der Waals surface area contributed by atoms with E-state index in [4.69, 9.17) is 11.6 Å². The maximum Gasteiger partial charge on any atom is 0.191 e. The van der Waals surface area contributed by atoms with Crippen LogP contribution >= 0.6 is 11.6 Å². The first-order chi connectivity index (χ1) is 12.7. The second kappa shape index (κ2) is 9.20. The number of H-pyrrole nitrogens is 1. The molecule has 0 bridgehead atoms. The number of nitrogens with zero attached hydrogens (tertiary/aromatic N) is 3. The van der Waals surface area contributed by atoms with Crippen molar-refractivity contribution in [3.63, 3.8) is 0 Å². The van der Waals surface area contributed by atoms with Gasteiger partial charge in [-0.3, -0.25) is 4.99 Å². The van der Waals surface area contributed by atoms with E-state index >= 15 is 0 Å². The monoisotopic (exact) mass is 370 g/mol. The molecule has 0 spiro atoms. The highest BCUT2D eigenvalue weighted by molar-refractivity contribution is 6.29. The Labute approximate surface area is 158 Å². The minimum Gasteiger partial charge on any atom is -0.357 e. The van der Waals surface area contributed by atoms with E-state index in [1.165, 1.54) is 0 Å². The number of aromatic amines is 1. The first-order valence-electron chi connectivity index (χ1n) is 8.81. The third-order valence-corrected chi connectivity index (χ3v) is 4.12. The third-order valence-electron chi connectivity index (χ3n) is 3.90. The number of hydrogen-bond donors (Lipinski definition) is 3. The molecule has 26 heavy (non-hydrogen) atoms. The zero-order valence-electron chi connectivity index (χ0n) is 14.8. The Morgan fingerprint density at radius 3 is 2.81 bits per heavy atom. The minimum atomic E-state index is 0.516. The molecule has 0 aliphatic carbocycles. The quantitative estimate of drug-likeness (QED) is 0.339. The van der Waals surface area contributed by atoms with E-state index in [1.54, 1.807) is 6.20 Å². The maximum atomic E-state index is 5.81. The van der Waals surface area contributed by atoms with Crippen molar-refractivity contribution in [2.75, 3.05) is 19.6 Å². The maximum absolute atomic E-state index is 5.81. The van der Waals surface area contributed by atoms with Crippen LogP contribution in [0.2, 0.25) is 5.15 Å². The number of rotatable bonds is 7. The van der Waals surface area contributed by atoms with Crippen molar-refractivity contribution in [1.29, 1.82) is 0 Å². The molecule has 2 aromatic heterocycles. The number of aromatic nitrogens is 3. The first-order valence-corrected chi connectivity index (χ1v) is 9.18. The van der Waals surface area contributed by atoms with E-state index in [0.29, 0.717) is 11.7 Å². The summed E-state index contributed by atoms with van der Waals surface area (Å²) in [5.41, 5.74) is 3.20. The summed E-state index contributed by atoms with van der Waals surface area (Å²) in [6.07, 6.45) is 3.43. The van der Waals surface area contributed by atoms with Crippen molar-refractivity contribution in [2.45, 2.75) is 19.8 Å². The van der Waals surface area contributed by atoms with Crippen LogP contribution in [0.25, 0.3) is 11.0 Å². The molecular formula is C19H23ClN6. The molecule has 3 aromatic rings. The van der Waals surface area contributed by atoms with E-state index in [1.807, 2.05) is 36.4 Å². The second-order valence-electron chi connectivity index (χ2n) is 5.88. The lowest BCUT2D eigenvalue weighted by Crippen LogP contribution is -2.38. The van der Waals surface area contributed by atoms with Crippen molar-refractivity contribution in [1.82, 2.24) is 25.6 Å². The molecule has 0 saturated carbocycles. The Hall–Kier alpha value is -2.60. The molecule has 0 fully saturated rings. The van der Waals surface area contributed by atoms with Crippen molar-refractivity contribution in [3.05, 3.63) is 59.1 Å². The smallest absolute Gasteiger partial charge is 0.191 e. The van der Waals surface area contributed by atoms with E-state index in [9.17, 15) is 0 Å². The summed E-state index contributed by atoms with van der Waals surface area (Å²) < 4.78 is 0. The minimum absolute atomic E-state index is 0.516. The number of guanidine groups is 1. The molecule has 2 heterocycles. The van der Waals surface area contributed by atoms with Crippen LogP contribution in [0.1, 0.15) is 18.3 Å². The lowest BCUT2D eigenvalue weighted by Gasteiger charge is -2.11. The van der Waals surface area contributed by atoms with Crippen LogP contribution < -0.4 is 10.6 Å². The fourth-order valence-electron chi connectivity index (χ4n) is 2.62. The Morgan fingerprint density at radius 2 is 2.04 bits per heavy atom. The molecule has 0 atom stereocenters. The van der Waals surface area contributed by atoms with Gasteiger partial charge in [0, 0.05) is 32.3 Å². The van der Waals surface area contributed by atoms with E-state index < -0.39 is 0 Å². The van der Waals surface area contributed by atoms with Crippen LogP contribution in [-0.4, -0.2) is 40.5 Å². The number of fused-ring (bicyclic) bond motifs is 1.